The molecule has 2 aliphatic rings. The Morgan fingerprint density at radius 1 is 1.47 bits per heavy atom. The number of hydrogen-bond donors (Lipinski definition) is 1. The quantitative estimate of drug-likeness (QED) is 0.712. The number of allylic oxidation sites excluding steroid dienone is 2. The van der Waals surface area contributed by atoms with Gasteiger partial charge < -0.3 is 10.0 Å². The lowest BCUT2D eigenvalue weighted by Gasteiger charge is -2.24. The molecule has 84 valence electrons. The zero-order valence-electron chi connectivity index (χ0n) is 9.06. The average molecular weight is 209 g/mol. The molecule has 0 bridgehead atoms. The minimum absolute atomic E-state index is 0.0860. The van der Waals surface area contributed by atoms with Gasteiger partial charge in [-0.3, -0.25) is 4.79 Å². The molecular formula is C12H19NO2. The van der Waals surface area contributed by atoms with E-state index >= 15 is 0 Å². The van der Waals surface area contributed by atoms with Gasteiger partial charge in [0.25, 0.3) is 0 Å². The first-order chi connectivity index (χ1) is 7.31. The van der Waals surface area contributed by atoms with E-state index in [1.807, 2.05) is 4.90 Å². The highest BCUT2D eigenvalue weighted by molar-refractivity contribution is 5.77. The van der Waals surface area contributed by atoms with E-state index in [9.17, 15) is 4.79 Å². The smallest absolute Gasteiger partial charge is 0.223 e. The topological polar surface area (TPSA) is 40.5 Å². The lowest BCUT2D eigenvalue weighted by Crippen LogP contribution is -2.38. The summed E-state index contributed by atoms with van der Waals surface area (Å²) in [6.45, 7) is 0.951. The predicted octanol–water partition coefficient (Wildman–Crippen LogP) is 1.33. The van der Waals surface area contributed by atoms with Crippen molar-refractivity contribution in [2.24, 2.45) is 5.92 Å². The van der Waals surface area contributed by atoms with Gasteiger partial charge in [-0.1, -0.05) is 12.2 Å². The van der Waals surface area contributed by atoms with E-state index in [1.54, 1.807) is 0 Å². The van der Waals surface area contributed by atoms with Crippen LogP contribution >= 0.6 is 0 Å². The molecule has 1 unspecified atom stereocenters. The number of nitrogens with zero attached hydrogens (tertiary/aromatic N) is 1. The lowest BCUT2D eigenvalue weighted by molar-refractivity contribution is -0.133. The summed E-state index contributed by atoms with van der Waals surface area (Å²) in [5, 5.41) is 9.14. The number of amides is 1. The lowest BCUT2D eigenvalue weighted by atomic mass is 10.0. The molecule has 0 aromatic heterocycles. The van der Waals surface area contributed by atoms with Gasteiger partial charge in [0.1, 0.15) is 0 Å². The molecule has 0 radical (unpaired) electrons. The molecule has 1 heterocycles. The van der Waals surface area contributed by atoms with Gasteiger partial charge >= 0.3 is 0 Å². The van der Waals surface area contributed by atoms with Crippen LogP contribution in [0.4, 0.5) is 0 Å². The van der Waals surface area contributed by atoms with E-state index in [-0.39, 0.29) is 18.6 Å². The Bertz CT molecular complexity index is 262. The maximum Gasteiger partial charge on any atom is 0.223 e. The summed E-state index contributed by atoms with van der Waals surface area (Å²) in [7, 11) is 0. The average Bonchev–Trinajstić information content (AvgIpc) is 2.86. The second-order valence-corrected chi connectivity index (χ2v) is 4.54. The van der Waals surface area contributed by atoms with Gasteiger partial charge in [0.05, 0.1) is 12.6 Å². The minimum Gasteiger partial charge on any atom is -0.394 e. The number of aliphatic hydroxyl groups excluding tert-OH is 1. The number of carbonyl (C=O) groups is 1. The highest BCUT2D eigenvalue weighted by Crippen LogP contribution is 2.24. The van der Waals surface area contributed by atoms with E-state index < -0.39 is 0 Å². The number of rotatable bonds is 3. The number of hydrogen-bond acceptors (Lipinski definition) is 2. The Balaban J connectivity index is 1.86. The highest BCUT2D eigenvalue weighted by atomic mass is 16.3. The van der Waals surface area contributed by atoms with Crippen molar-refractivity contribution in [1.82, 2.24) is 4.90 Å². The maximum absolute atomic E-state index is 12.0. The Morgan fingerprint density at radius 2 is 2.33 bits per heavy atom. The molecule has 3 nitrogen and oxygen atoms in total. The predicted molar refractivity (Wildman–Crippen MR) is 58.3 cm³/mol. The van der Waals surface area contributed by atoms with Crippen molar-refractivity contribution in [3.63, 3.8) is 0 Å². The molecule has 2 atom stereocenters. The molecule has 0 saturated carbocycles. The molecular weight excluding hydrogens is 190 g/mol. The molecule has 0 aromatic carbocycles. The van der Waals surface area contributed by atoms with Crippen LogP contribution in [0.25, 0.3) is 0 Å². The highest BCUT2D eigenvalue weighted by Gasteiger charge is 2.29. The summed E-state index contributed by atoms with van der Waals surface area (Å²) in [5.74, 6) is 0.667. The second kappa shape index (κ2) is 4.79. The molecule has 1 saturated heterocycles. The first kappa shape index (κ1) is 10.7. The Labute approximate surface area is 90.8 Å². The number of carbonyl (C=O) groups excluding carboxylic acids is 1. The molecule has 0 spiro atoms. The monoisotopic (exact) mass is 209 g/mol. The van der Waals surface area contributed by atoms with Crippen molar-refractivity contribution in [1.29, 1.82) is 0 Å². The molecule has 1 aliphatic heterocycles. The van der Waals surface area contributed by atoms with Gasteiger partial charge in [-0.15, -0.1) is 0 Å². The first-order valence-electron chi connectivity index (χ1n) is 5.88. The zero-order chi connectivity index (χ0) is 10.7. The summed E-state index contributed by atoms with van der Waals surface area (Å²) in [5.41, 5.74) is 0. The Hall–Kier alpha value is -0.830. The fourth-order valence-corrected chi connectivity index (χ4v) is 2.56. The third kappa shape index (κ3) is 2.40. The van der Waals surface area contributed by atoms with Crippen LogP contribution in [0.5, 0.6) is 0 Å². The molecule has 1 amide bonds. The second-order valence-electron chi connectivity index (χ2n) is 4.54. The number of likely N-dealkylation sites (tertiary alicyclic amines) is 1. The normalized spacial score (nSPS) is 30.1. The zero-order valence-corrected chi connectivity index (χ0v) is 9.06. The third-order valence-corrected chi connectivity index (χ3v) is 3.46. The SMILES string of the molecule is O=C(CC1C=CCC1)N1CCC[C@@H]1CO. The maximum atomic E-state index is 12.0. The van der Waals surface area contributed by atoms with Crippen molar-refractivity contribution in [2.45, 2.75) is 38.1 Å². The molecule has 0 aromatic rings. The van der Waals surface area contributed by atoms with Gasteiger partial charge in [0.15, 0.2) is 0 Å². The summed E-state index contributed by atoms with van der Waals surface area (Å²) in [6.07, 6.45) is 9.17. The van der Waals surface area contributed by atoms with Crippen LogP contribution in [-0.4, -0.2) is 35.1 Å². The van der Waals surface area contributed by atoms with Crippen molar-refractivity contribution < 1.29 is 9.90 Å². The summed E-state index contributed by atoms with van der Waals surface area (Å²) in [6, 6.07) is 0.0860. The van der Waals surface area contributed by atoms with Gasteiger partial charge in [-0.05, 0) is 31.6 Å². The standard InChI is InChI=1S/C12H19NO2/c14-9-11-6-3-7-13(11)12(15)8-10-4-1-2-5-10/h1,4,10-11,14H,2-3,5-9H2/t10?,11-/m1/s1. The van der Waals surface area contributed by atoms with Crippen LogP contribution in [0.1, 0.15) is 32.1 Å². The van der Waals surface area contributed by atoms with Crippen LogP contribution < -0.4 is 0 Å². The van der Waals surface area contributed by atoms with Crippen molar-refractivity contribution in [2.75, 3.05) is 13.2 Å². The summed E-state index contributed by atoms with van der Waals surface area (Å²) in [4.78, 5) is 13.8. The Kier molecular flexibility index (Phi) is 3.41. The van der Waals surface area contributed by atoms with Crippen LogP contribution in [0.15, 0.2) is 12.2 Å². The fourth-order valence-electron chi connectivity index (χ4n) is 2.56. The molecule has 15 heavy (non-hydrogen) atoms. The fraction of sp³-hybridized carbons (Fsp3) is 0.750. The number of aliphatic hydroxyl groups is 1. The third-order valence-electron chi connectivity index (χ3n) is 3.46. The van der Waals surface area contributed by atoms with Crippen LogP contribution in [0.3, 0.4) is 0 Å². The van der Waals surface area contributed by atoms with Crippen LogP contribution in [0, 0.1) is 5.92 Å². The minimum atomic E-state index is 0.0860. The summed E-state index contributed by atoms with van der Waals surface area (Å²) < 4.78 is 0. The van der Waals surface area contributed by atoms with Crippen molar-refractivity contribution in [3.05, 3.63) is 12.2 Å². The molecule has 2 rings (SSSR count). The Morgan fingerprint density at radius 3 is 3.00 bits per heavy atom. The van der Waals surface area contributed by atoms with Crippen molar-refractivity contribution >= 4 is 5.91 Å². The van der Waals surface area contributed by atoms with E-state index in [2.05, 4.69) is 12.2 Å². The van der Waals surface area contributed by atoms with Crippen molar-refractivity contribution in [3.8, 4) is 0 Å². The molecule has 3 heteroatoms. The largest absolute Gasteiger partial charge is 0.394 e. The molecule has 1 aliphatic carbocycles. The molecule has 1 N–H and O–H groups in total. The van der Waals surface area contributed by atoms with Gasteiger partial charge in [0.2, 0.25) is 5.91 Å². The van der Waals surface area contributed by atoms with Gasteiger partial charge in [0, 0.05) is 13.0 Å². The van der Waals surface area contributed by atoms with E-state index in [1.165, 1.54) is 0 Å². The van der Waals surface area contributed by atoms with E-state index in [0.717, 1.165) is 32.2 Å². The van der Waals surface area contributed by atoms with Gasteiger partial charge in [-0.2, -0.15) is 0 Å². The van der Waals surface area contributed by atoms with E-state index in [0.29, 0.717) is 12.3 Å². The van der Waals surface area contributed by atoms with Crippen LogP contribution in [0.2, 0.25) is 0 Å². The van der Waals surface area contributed by atoms with Gasteiger partial charge in [-0.25, -0.2) is 0 Å². The van der Waals surface area contributed by atoms with Crippen LogP contribution in [-0.2, 0) is 4.79 Å². The van der Waals surface area contributed by atoms with E-state index in [4.69, 9.17) is 5.11 Å². The molecule has 1 fully saturated rings. The first-order valence-corrected chi connectivity index (χ1v) is 5.88. The summed E-state index contributed by atoms with van der Waals surface area (Å²) >= 11 is 0.